The molecule has 0 aromatic carbocycles. The highest BCUT2D eigenvalue weighted by molar-refractivity contribution is 4.73. The first kappa shape index (κ1) is 11.9. The van der Waals surface area contributed by atoms with Crippen LogP contribution in [0, 0.1) is 5.92 Å². The van der Waals surface area contributed by atoms with Gasteiger partial charge in [-0.3, -0.25) is 0 Å². The van der Waals surface area contributed by atoms with Crippen LogP contribution in [0.25, 0.3) is 0 Å². The third-order valence-electron chi connectivity index (χ3n) is 1.61. The van der Waals surface area contributed by atoms with E-state index in [0.717, 1.165) is 6.42 Å². The predicted octanol–water partition coefficient (Wildman–Crippen LogP) is 1.78. The Balaban J connectivity index is 3.51. The van der Waals surface area contributed by atoms with Gasteiger partial charge >= 0.3 is 0 Å². The molecule has 2 N–H and O–H groups in total. The lowest BCUT2D eigenvalue weighted by Gasteiger charge is -2.23. The number of rotatable bonds is 4. The van der Waals surface area contributed by atoms with Crippen molar-refractivity contribution in [2.45, 2.75) is 52.7 Å². The summed E-state index contributed by atoms with van der Waals surface area (Å²) < 4.78 is 0. The Morgan fingerprint density at radius 2 is 1.75 bits per heavy atom. The van der Waals surface area contributed by atoms with E-state index >= 15 is 0 Å². The monoisotopic (exact) mass is 173 g/mol. The van der Waals surface area contributed by atoms with Crippen molar-refractivity contribution in [1.82, 2.24) is 5.32 Å². The lowest BCUT2D eigenvalue weighted by molar-refractivity contribution is 0.137. The second-order valence-electron chi connectivity index (χ2n) is 4.91. The molecule has 0 unspecified atom stereocenters. The number of β-amino-alcohol motifs (C(OH)–C–C–N with tert-alkyl or cyclic N) is 1. The van der Waals surface area contributed by atoms with Gasteiger partial charge in [0.25, 0.3) is 0 Å². The van der Waals surface area contributed by atoms with Gasteiger partial charge in [-0.25, -0.2) is 0 Å². The molecule has 0 fully saturated rings. The maximum atomic E-state index is 9.52. The summed E-state index contributed by atoms with van der Waals surface area (Å²) in [4.78, 5) is 0. The molecule has 2 nitrogen and oxygen atoms in total. The van der Waals surface area contributed by atoms with Crippen LogP contribution in [0.1, 0.15) is 41.0 Å². The average Bonchev–Trinajstić information content (AvgIpc) is 1.80. The van der Waals surface area contributed by atoms with Crippen molar-refractivity contribution in [2.24, 2.45) is 5.92 Å². The van der Waals surface area contributed by atoms with Crippen molar-refractivity contribution in [2.75, 3.05) is 6.54 Å². The van der Waals surface area contributed by atoms with Crippen molar-refractivity contribution < 1.29 is 5.11 Å². The van der Waals surface area contributed by atoms with Gasteiger partial charge in [0.1, 0.15) is 0 Å². The van der Waals surface area contributed by atoms with Gasteiger partial charge < -0.3 is 10.4 Å². The molecule has 0 aromatic heterocycles. The van der Waals surface area contributed by atoms with Crippen LogP contribution in [-0.4, -0.2) is 23.3 Å². The van der Waals surface area contributed by atoms with Crippen LogP contribution in [0.3, 0.4) is 0 Å². The summed E-state index contributed by atoms with van der Waals surface area (Å²) in [6.07, 6.45) is 0.674. The second-order valence-corrected chi connectivity index (χ2v) is 4.91. The minimum atomic E-state index is -0.204. The lowest BCUT2D eigenvalue weighted by atomic mass is 10.0. The minimum absolute atomic E-state index is 0.109. The SMILES string of the molecule is CC(C)C[C@@H](O)CNC(C)(C)C. The molecule has 0 aromatic rings. The fraction of sp³-hybridized carbons (Fsp3) is 1.00. The largest absolute Gasteiger partial charge is 0.392 e. The van der Waals surface area contributed by atoms with Crippen molar-refractivity contribution in [3.8, 4) is 0 Å². The molecule has 2 heteroatoms. The summed E-state index contributed by atoms with van der Waals surface area (Å²) in [5.41, 5.74) is 0.109. The first-order valence-corrected chi connectivity index (χ1v) is 4.74. The molecule has 0 spiro atoms. The van der Waals surface area contributed by atoms with Crippen LogP contribution in [0.15, 0.2) is 0 Å². The molecular weight excluding hydrogens is 150 g/mol. The van der Waals surface area contributed by atoms with Crippen molar-refractivity contribution in [3.05, 3.63) is 0 Å². The molecule has 0 aliphatic carbocycles. The lowest BCUT2D eigenvalue weighted by Crippen LogP contribution is -2.41. The molecule has 1 atom stereocenters. The summed E-state index contributed by atoms with van der Waals surface area (Å²) in [6.45, 7) is 11.3. The van der Waals surface area contributed by atoms with Crippen molar-refractivity contribution in [1.29, 1.82) is 0 Å². The number of aliphatic hydroxyl groups is 1. The maximum absolute atomic E-state index is 9.52. The Morgan fingerprint density at radius 1 is 1.25 bits per heavy atom. The first-order chi connectivity index (χ1) is 5.31. The Morgan fingerprint density at radius 3 is 2.08 bits per heavy atom. The van der Waals surface area contributed by atoms with Crippen LogP contribution >= 0.6 is 0 Å². The summed E-state index contributed by atoms with van der Waals surface area (Å²) in [6, 6.07) is 0. The van der Waals surface area contributed by atoms with Crippen molar-refractivity contribution in [3.63, 3.8) is 0 Å². The van der Waals surface area contributed by atoms with E-state index in [4.69, 9.17) is 0 Å². The Kier molecular flexibility index (Phi) is 4.80. The predicted molar refractivity (Wildman–Crippen MR) is 53.2 cm³/mol. The van der Waals surface area contributed by atoms with E-state index in [-0.39, 0.29) is 11.6 Å². The third kappa shape index (κ3) is 8.02. The molecule has 0 saturated carbocycles. The van der Waals surface area contributed by atoms with Crippen LogP contribution in [-0.2, 0) is 0 Å². The highest BCUT2D eigenvalue weighted by Crippen LogP contribution is 2.05. The number of hydrogen-bond acceptors (Lipinski definition) is 2. The zero-order chi connectivity index (χ0) is 9.78. The van der Waals surface area contributed by atoms with E-state index in [0.29, 0.717) is 12.5 Å². The Bertz CT molecular complexity index is 115. The van der Waals surface area contributed by atoms with Gasteiger partial charge in [0.2, 0.25) is 0 Å². The molecule has 0 heterocycles. The zero-order valence-electron chi connectivity index (χ0n) is 9.02. The van der Waals surface area contributed by atoms with Crippen LogP contribution in [0.4, 0.5) is 0 Å². The van der Waals surface area contributed by atoms with E-state index in [9.17, 15) is 5.11 Å². The van der Waals surface area contributed by atoms with Crippen LogP contribution < -0.4 is 5.32 Å². The van der Waals surface area contributed by atoms with E-state index < -0.39 is 0 Å². The molecule has 0 radical (unpaired) electrons. The topological polar surface area (TPSA) is 32.3 Å². The number of nitrogens with one attached hydrogen (secondary N) is 1. The quantitative estimate of drug-likeness (QED) is 0.679. The van der Waals surface area contributed by atoms with Gasteiger partial charge in [-0.2, -0.15) is 0 Å². The maximum Gasteiger partial charge on any atom is 0.0667 e. The molecule has 12 heavy (non-hydrogen) atoms. The second kappa shape index (κ2) is 4.83. The normalized spacial score (nSPS) is 15.2. The van der Waals surface area contributed by atoms with Gasteiger partial charge in [-0.1, -0.05) is 13.8 Å². The standard InChI is InChI=1S/C10H23NO/c1-8(2)6-9(12)7-11-10(3,4)5/h8-9,11-12H,6-7H2,1-5H3/t9-/m1/s1. The molecule has 0 rings (SSSR count). The molecule has 74 valence electrons. The first-order valence-electron chi connectivity index (χ1n) is 4.74. The molecule has 0 amide bonds. The smallest absolute Gasteiger partial charge is 0.0667 e. The highest BCUT2D eigenvalue weighted by Gasteiger charge is 2.12. The number of aliphatic hydroxyl groups excluding tert-OH is 1. The fourth-order valence-electron chi connectivity index (χ4n) is 1.05. The number of hydrogen-bond donors (Lipinski definition) is 2. The third-order valence-corrected chi connectivity index (χ3v) is 1.61. The summed E-state index contributed by atoms with van der Waals surface area (Å²) in [5, 5.41) is 12.8. The fourth-order valence-corrected chi connectivity index (χ4v) is 1.05. The molecule has 0 bridgehead atoms. The van der Waals surface area contributed by atoms with Gasteiger partial charge in [-0.15, -0.1) is 0 Å². The van der Waals surface area contributed by atoms with E-state index in [1.807, 2.05) is 0 Å². The van der Waals surface area contributed by atoms with Crippen LogP contribution in [0.5, 0.6) is 0 Å². The molecular formula is C10H23NO. The van der Waals surface area contributed by atoms with Crippen LogP contribution in [0.2, 0.25) is 0 Å². The minimum Gasteiger partial charge on any atom is -0.392 e. The van der Waals surface area contributed by atoms with E-state index in [1.165, 1.54) is 0 Å². The van der Waals surface area contributed by atoms with E-state index in [2.05, 4.69) is 39.9 Å². The molecule has 0 aliphatic rings. The van der Waals surface area contributed by atoms with Gasteiger partial charge in [0, 0.05) is 12.1 Å². The van der Waals surface area contributed by atoms with Gasteiger partial charge in [0.05, 0.1) is 6.10 Å². The van der Waals surface area contributed by atoms with Crippen molar-refractivity contribution >= 4 is 0 Å². The zero-order valence-corrected chi connectivity index (χ0v) is 9.02. The van der Waals surface area contributed by atoms with Gasteiger partial charge in [-0.05, 0) is 33.1 Å². The summed E-state index contributed by atoms with van der Waals surface area (Å²) >= 11 is 0. The Labute approximate surface area is 76.4 Å². The Hall–Kier alpha value is -0.0800. The van der Waals surface area contributed by atoms with Gasteiger partial charge in [0.15, 0.2) is 0 Å². The summed E-state index contributed by atoms with van der Waals surface area (Å²) in [7, 11) is 0. The summed E-state index contributed by atoms with van der Waals surface area (Å²) in [5.74, 6) is 0.571. The highest BCUT2D eigenvalue weighted by atomic mass is 16.3. The molecule has 0 aliphatic heterocycles. The van der Waals surface area contributed by atoms with E-state index in [1.54, 1.807) is 0 Å². The molecule has 0 saturated heterocycles. The average molecular weight is 173 g/mol.